The van der Waals surface area contributed by atoms with Crippen LogP contribution in [0.4, 0.5) is 0 Å². The van der Waals surface area contributed by atoms with Crippen molar-refractivity contribution in [2.45, 2.75) is 13.3 Å². The minimum Gasteiger partial charge on any atom is -0.495 e. The average molecular weight is 365 g/mol. The van der Waals surface area contributed by atoms with Gasteiger partial charge >= 0.3 is 5.97 Å². The zero-order chi connectivity index (χ0) is 18.6. The van der Waals surface area contributed by atoms with Crippen molar-refractivity contribution in [3.63, 3.8) is 0 Å². The van der Waals surface area contributed by atoms with Crippen molar-refractivity contribution in [2.75, 3.05) is 27.9 Å². The van der Waals surface area contributed by atoms with Crippen LogP contribution in [-0.4, -0.2) is 39.0 Å². The van der Waals surface area contributed by atoms with Crippen LogP contribution in [0, 0.1) is 0 Å². The Morgan fingerprint density at radius 2 is 1.64 bits per heavy atom. The molecule has 0 saturated carbocycles. The SMILES string of the molecule is COCCC(C(=O)O)=C(C)c1c(Cl)c(OC)c2ccccc2c1OC. The van der Waals surface area contributed by atoms with Crippen molar-refractivity contribution in [3.05, 3.63) is 40.4 Å². The Balaban J connectivity index is 2.88. The number of halogens is 1. The predicted octanol–water partition coefficient (Wildman–Crippen LogP) is 4.41. The molecule has 0 amide bonds. The largest absolute Gasteiger partial charge is 0.495 e. The molecule has 0 aliphatic rings. The molecule has 0 aromatic heterocycles. The van der Waals surface area contributed by atoms with Crippen LogP contribution in [0.25, 0.3) is 16.3 Å². The van der Waals surface area contributed by atoms with Gasteiger partial charge in [-0.25, -0.2) is 4.79 Å². The number of rotatable bonds is 7. The van der Waals surface area contributed by atoms with Crippen LogP contribution in [0.3, 0.4) is 0 Å². The number of methoxy groups -OCH3 is 3. The third-order valence-electron chi connectivity index (χ3n) is 4.11. The van der Waals surface area contributed by atoms with Gasteiger partial charge in [0.15, 0.2) is 0 Å². The normalized spacial score (nSPS) is 12.0. The van der Waals surface area contributed by atoms with E-state index in [-0.39, 0.29) is 12.0 Å². The van der Waals surface area contributed by atoms with E-state index in [0.717, 1.165) is 10.8 Å². The van der Waals surface area contributed by atoms with E-state index in [0.29, 0.717) is 34.3 Å². The molecule has 0 unspecified atom stereocenters. The van der Waals surface area contributed by atoms with Crippen LogP contribution in [-0.2, 0) is 9.53 Å². The zero-order valence-electron chi connectivity index (χ0n) is 14.7. The van der Waals surface area contributed by atoms with Gasteiger partial charge in [-0.2, -0.15) is 0 Å². The standard InChI is InChI=1S/C19H21ClO5/c1-11(12(19(21)22)9-10-23-2)15-16(20)18(25-4)14-8-6-5-7-13(14)17(15)24-3/h5-8H,9-10H2,1-4H3,(H,21,22). The first-order chi connectivity index (χ1) is 12.0. The molecule has 134 valence electrons. The Bertz CT molecular complexity index is 826. The minimum absolute atomic E-state index is 0.222. The molecule has 0 radical (unpaired) electrons. The fraction of sp³-hybridized carbons (Fsp3) is 0.316. The number of carbonyl (C=O) groups is 1. The first-order valence-corrected chi connectivity index (χ1v) is 8.10. The zero-order valence-corrected chi connectivity index (χ0v) is 15.4. The van der Waals surface area contributed by atoms with E-state index in [1.165, 1.54) is 21.3 Å². The lowest BCUT2D eigenvalue weighted by molar-refractivity contribution is -0.132. The maximum atomic E-state index is 11.7. The topological polar surface area (TPSA) is 65.0 Å². The summed E-state index contributed by atoms with van der Waals surface area (Å²) in [4.78, 5) is 11.7. The molecule has 25 heavy (non-hydrogen) atoms. The Morgan fingerprint density at radius 1 is 1.08 bits per heavy atom. The van der Waals surface area contributed by atoms with Crippen molar-refractivity contribution in [1.82, 2.24) is 0 Å². The molecule has 0 aliphatic heterocycles. The monoisotopic (exact) mass is 364 g/mol. The van der Waals surface area contributed by atoms with E-state index in [2.05, 4.69) is 0 Å². The first-order valence-electron chi connectivity index (χ1n) is 7.72. The van der Waals surface area contributed by atoms with Crippen molar-refractivity contribution < 1.29 is 24.1 Å². The maximum absolute atomic E-state index is 11.7. The highest BCUT2D eigenvalue weighted by atomic mass is 35.5. The van der Waals surface area contributed by atoms with Crippen molar-refractivity contribution in [1.29, 1.82) is 0 Å². The molecule has 0 bridgehead atoms. The molecule has 2 rings (SSSR count). The lowest BCUT2D eigenvalue weighted by Gasteiger charge is -2.19. The summed E-state index contributed by atoms with van der Waals surface area (Å²) in [7, 11) is 4.60. The fourth-order valence-electron chi connectivity index (χ4n) is 2.90. The van der Waals surface area contributed by atoms with Gasteiger partial charge in [-0.3, -0.25) is 0 Å². The van der Waals surface area contributed by atoms with Crippen LogP contribution in [0.1, 0.15) is 18.9 Å². The molecule has 0 atom stereocenters. The van der Waals surface area contributed by atoms with Gasteiger partial charge in [0.25, 0.3) is 0 Å². The number of carboxylic acids is 1. The highest BCUT2D eigenvalue weighted by molar-refractivity contribution is 6.36. The summed E-state index contributed by atoms with van der Waals surface area (Å²) in [5, 5.41) is 11.5. The number of hydrogen-bond acceptors (Lipinski definition) is 4. The second-order valence-corrected chi connectivity index (χ2v) is 5.83. The Morgan fingerprint density at radius 3 is 2.12 bits per heavy atom. The predicted molar refractivity (Wildman–Crippen MR) is 98.8 cm³/mol. The van der Waals surface area contributed by atoms with Crippen LogP contribution >= 0.6 is 11.6 Å². The molecular weight excluding hydrogens is 344 g/mol. The number of benzene rings is 2. The van der Waals surface area contributed by atoms with Gasteiger partial charge in [-0.05, 0) is 12.5 Å². The summed E-state index contributed by atoms with van der Waals surface area (Å²) < 4.78 is 16.1. The number of hydrogen-bond donors (Lipinski definition) is 1. The third-order valence-corrected chi connectivity index (χ3v) is 4.47. The van der Waals surface area contributed by atoms with E-state index in [9.17, 15) is 9.90 Å². The average Bonchev–Trinajstić information content (AvgIpc) is 2.60. The van der Waals surface area contributed by atoms with Crippen LogP contribution in [0.5, 0.6) is 11.5 Å². The molecular formula is C19H21ClO5. The van der Waals surface area contributed by atoms with Crippen LogP contribution < -0.4 is 9.47 Å². The number of fused-ring (bicyclic) bond motifs is 1. The number of aliphatic carboxylic acids is 1. The summed E-state index contributed by atoms with van der Waals surface area (Å²) in [6, 6.07) is 7.53. The molecule has 2 aromatic rings. The molecule has 0 heterocycles. The summed E-state index contributed by atoms with van der Waals surface area (Å²) >= 11 is 6.59. The lowest BCUT2D eigenvalue weighted by Crippen LogP contribution is -2.07. The van der Waals surface area contributed by atoms with E-state index in [1.54, 1.807) is 6.92 Å². The van der Waals surface area contributed by atoms with Gasteiger partial charge in [0.1, 0.15) is 11.5 Å². The highest BCUT2D eigenvalue weighted by Gasteiger charge is 2.24. The van der Waals surface area contributed by atoms with E-state index >= 15 is 0 Å². The van der Waals surface area contributed by atoms with Crippen molar-refractivity contribution in [3.8, 4) is 11.5 Å². The minimum atomic E-state index is -1.01. The van der Waals surface area contributed by atoms with Crippen molar-refractivity contribution in [2.24, 2.45) is 0 Å². The summed E-state index contributed by atoms with van der Waals surface area (Å²) in [6.07, 6.45) is 0.256. The van der Waals surface area contributed by atoms with E-state index < -0.39 is 5.97 Å². The molecule has 1 N–H and O–H groups in total. The molecule has 0 aliphatic carbocycles. The van der Waals surface area contributed by atoms with Gasteiger partial charge in [-0.1, -0.05) is 35.9 Å². The highest BCUT2D eigenvalue weighted by Crippen LogP contribution is 2.47. The van der Waals surface area contributed by atoms with Gasteiger partial charge in [0.05, 0.1) is 25.8 Å². The second-order valence-electron chi connectivity index (χ2n) is 5.45. The van der Waals surface area contributed by atoms with Crippen LogP contribution in [0.15, 0.2) is 29.8 Å². The van der Waals surface area contributed by atoms with Gasteiger partial charge in [0.2, 0.25) is 0 Å². The number of carboxylic acid groups (broad SMARTS) is 1. The smallest absolute Gasteiger partial charge is 0.331 e. The Labute approximate surface area is 151 Å². The molecule has 2 aromatic carbocycles. The fourth-order valence-corrected chi connectivity index (χ4v) is 3.31. The summed E-state index contributed by atoms with van der Waals surface area (Å²) in [6.45, 7) is 2.01. The van der Waals surface area contributed by atoms with Gasteiger partial charge in [0, 0.05) is 35.4 Å². The van der Waals surface area contributed by atoms with E-state index in [1.807, 2.05) is 24.3 Å². The Kier molecular flexibility index (Phi) is 6.28. The van der Waals surface area contributed by atoms with Gasteiger partial charge < -0.3 is 19.3 Å². The maximum Gasteiger partial charge on any atom is 0.331 e. The van der Waals surface area contributed by atoms with Gasteiger partial charge in [-0.15, -0.1) is 0 Å². The van der Waals surface area contributed by atoms with Crippen molar-refractivity contribution >= 4 is 33.9 Å². The number of allylic oxidation sites excluding steroid dienone is 1. The second kappa shape index (κ2) is 8.23. The molecule has 0 saturated heterocycles. The lowest BCUT2D eigenvalue weighted by atomic mass is 9.94. The number of ether oxygens (including phenoxy) is 3. The third kappa shape index (κ3) is 3.57. The molecule has 6 heteroatoms. The van der Waals surface area contributed by atoms with Crippen LogP contribution in [0.2, 0.25) is 5.02 Å². The summed E-state index contributed by atoms with van der Waals surface area (Å²) in [5.74, 6) is -0.00115. The summed E-state index contributed by atoms with van der Waals surface area (Å²) in [5.41, 5.74) is 1.27. The molecule has 0 spiro atoms. The van der Waals surface area contributed by atoms with E-state index in [4.69, 9.17) is 25.8 Å². The Hall–Kier alpha value is -2.24. The quantitative estimate of drug-likeness (QED) is 0.737. The first kappa shape index (κ1) is 19.1. The molecule has 0 fully saturated rings. The molecule has 5 nitrogen and oxygen atoms in total.